The Kier molecular flexibility index (Phi) is 5.40. The van der Waals surface area contributed by atoms with Gasteiger partial charge in [0, 0.05) is 17.5 Å². The van der Waals surface area contributed by atoms with E-state index in [9.17, 15) is 8.42 Å². The maximum absolute atomic E-state index is 13.4. The van der Waals surface area contributed by atoms with Crippen LogP contribution < -0.4 is 5.73 Å². The molecule has 2 aromatic rings. The van der Waals surface area contributed by atoms with E-state index in [4.69, 9.17) is 34.3 Å². The van der Waals surface area contributed by atoms with Crippen LogP contribution in [0.25, 0.3) is 0 Å². The van der Waals surface area contributed by atoms with Crippen molar-refractivity contribution in [1.29, 1.82) is 0 Å². The zero-order valence-corrected chi connectivity index (χ0v) is 16.7. The molecule has 0 aliphatic heterocycles. The molecule has 0 spiro atoms. The Morgan fingerprint density at radius 2 is 1.81 bits per heavy atom. The van der Waals surface area contributed by atoms with E-state index < -0.39 is 20.5 Å². The Labute approximate surface area is 164 Å². The van der Waals surface area contributed by atoms with E-state index in [2.05, 4.69) is 0 Å². The third-order valence-corrected chi connectivity index (χ3v) is 7.82. The van der Waals surface area contributed by atoms with Crippen LogP contribution in [0.4, 0.5) is 0 Å². The number of nitrogens with two attached hydrogens (primary N) is 1. The minimum Gasteiger partial charge on any atom is -0.393 e. The molecule has 0 saturated heterocycles. The second-order valence-corrected chi connectivity index (χ2v) is 9.30. The molecule has 1 saturated carbocycles. The molecule has 3 atom stereocenters. The summed E-state index contributed by atoms with van der Waals surface area (Å²) in [5.41, 5.74) is 6.04. The van der Waals surface area contributed by atoms with E-state index >= 15 is 0 Å². The number of sulfone groups is 1. The van der Waals surface area contributed by atoms with Crippen LogP contribution in [0.15, 0.2) is 59.5 Å². The van der Waals surface area contributed by atoms with Crippen LogP contribution in [-0.4, -0.2) is 31.9 Å². The fourth-order valence-corrected chi connectivity index (χ4v) is 6.47. The summed E-state index contributed by atoms with van der Waals surface area (Å²) in [5.74, 6) is -0.339. The van der Waals surface area contributed by atoms with Gasteiger partial charge in [-0.2, -0.15) is 0 Å². The number of hydrogen-bond donors (Lipinski definition) is 1. The van der Waals surface area contributed by atoms with Crippen molar-refractivity contribution < 1.29 is 13.2 Å². The molecule has 0 amide bonds. The van der Waals surface area contributed by atoms with E-state index in [1.807, 2.05) is 37.3 Å². The molecule has 1 aliphatic rings. The molecule has 1 fully saturated rings. The first-order valence-electron chi connectivity index (χ1n) is 8.27. The summed E-state index contributed by atoms with van der Waals surface area (Å²) >= 11 is 11.2. The molecule has 0 unspecified atom stereocenters. The Balaban J connectivity index is 2.09. The standard InChI is InChI=1S/C19H20ClNO3S2/c1-2-24-12-19(18(21)25)16(13-6-4-3-5-7-13)17(19)26(22,23)15-10-8-14(20)9-11-15/h3-11,16-17H,2,12H2,1H3,(H2,21,25)/t16-,17-,19-/m0/s1. The average Bonchev–Trinajstić information content (AvgIpc) is 3.32. The molecule has 26 heavy (non-hydrogen) atoms. The van der Waals surface area contributed by atoms with Gasteiger partial charge in [0.25, 0.3) is 0 Å². The Morgan fingerprint density at radius 3 is 2.35 bits per heavy atom. The lowest BCUT2D eigenvalue weighted by molar-refractivity contribution is 0.121. The van der Waals surface area contributed by atoms with Gasteiger partial charge >= 0.3 is 0 Å². The van der Waals surface area contributed by atoms with Crippen LogP contribution in [0, 0.1) is 5.41 Å². The highest BCUT2D eigenvalue weighted by atomic mass is 35.5. The first-order valence-corrected chi connectivity index (χ1v) is 10.6. The summed E-state index contributed by atoms with van der Waals surface area (Å²) in [6, 6.07) is 15.6. The minimum absolute atomic E-state index is 0.169. The molecular formula is C19H20ClNO3S2. The summed E-state index contributed by atoms with van der Waals surface area (Å²) in [6.45, 7) is 2.49. The zero-order chi connectivity index (χ0) is 18.9. The minimum atomic E-state index is -3.67. The van der Waals surface area contributed by atoms with Crippen molar-refractivity contribution >= 4 is 38.6 Å². The highest BCUT2D eigenvalue weighted by Gasteiger charge is 2.73. The predicted molar refractivity (Wildman–Crippen MR) is 107 cm³/mol. The Morgan fingerprint density at radius 1 is 1.19 bits per heavy atom. The molecule has 2 N–H and O–H groups in total. The maximum Gasteiger partial charge on any atom is 0.182 e. The second kappa shape index (κ2) is 7.27. The number of thiocarbonyl (C=S) groups is 1. The molecule has 138 valence electrons. The van der Waals surface area contributed by atoms with Gasteiger partial charge in [-0.05, 0) is 36.8 Å². The van der Waals surface area contributed by atoms with Crippen molar-refractivity contribution in [2.24, 2.45) is 11.1 Å². The van der Waals surface area contributed by atoms with E-state index in [0.717, 1.165) is 5.56 Å². The molecule has 1 aliphatic carbocycles. The number of rotatable bonds is 7. The summed E-state index contributed by atoms with van der Waals surface area (Å²) < 4.78 is 32.3. The molecule has 0 heterocycles. The van der Waals surface area contributed by atoms with Gasteiger partial charge in [-0.3, -0.25) is 0 Å². The second-order valence-electron chi connectivity index (χ2n) is 6.35. The average molecular weight is 410 g/mol. The normalized spacial score (nSPS) is 25.0. The smallest absolute Gasteiger partial charge is 0.182 e. The van der Waals surface area contributed by atoms with Crippen molar-refractivity contribution in [3.63, 3.8) is 0 Å². The van der Waals surface area contributed by atoms with E-state index in [0.29, 0.717) is 11.6 Å². The fourth-order valence-electron chi connectivity index (χ4n) is 3.57. The molecule has 7 heteroatoms. The third kappa shape index (κ3) is 3.16. The van der Waals surface area contributed by atoms with E-state index in [1.54, 1.807) is 12.1 Å². The molecule has 3 rings (SSSR count). The number of benzene rings is 2. The van der Waals surface area contributed by atoms with Gasteiger partial charge in [-0.15, -0.1) is 0 Å². The predicted octanol–water partition coefficient (Wildman–Crippen LogP) is 3.59. The van der Waals surface area contributed by atoms with Gasteiger partial charge in [0.2, 0.25) is 0 Å². The van der Waals surface area contributed by atoms with Crippen LogP contribution in [-0.2, 0) is 14.6 Å². The first kappa shape index (κ1) is 19.3. The quantitative estimate of drug-likeness (QED) is 0.707. The van der Waals surface area contributed by atoms with Crippen LogP contribution in [0.5, 0.6) is 0 Å². The molecule has 4 nitrogen and oxygen atoms in total. The Hall–Kier alpha value is -1.47. The monoisotopic (exact) mass is 409 g/mol. The van der Waals surface area contributed by atoms with Crippen molar-refractivity contribution in [3.8, 4) is 0 Å². The lowest BCUT2D eigenvalue weighted by Crippen LogP contribution is -2.33. The lowest BCUT2D eigenvalue weighted by Gasteiger charge is -2.17. The number of halogens is 1. The highest BCUT2D eigenvalue weighted by molar-refractivity contribution is 7.92. The van der Waals surface area contributed by atoms with Gasteiger partial charge < -0.3 is 10.5 Å². The molecular weight excluding hydrogens is 390 g/mol. The zero-order valence-electron chi connectivity index (χ0n) is 14.3. The summed E-state index contributed by atoms with van der Waals surface area (Å²) in [7, 11) is -3.67. The summed E-state index contributed by atoms with van der Waals surface area (Å²) in [6.07, 6.45) is 0. The van der Waals surface area contributed by atoms with E-state index in [-0.39, 0.29) is 22.4 Å². The van der Waals surface area contributed by atoms with Crippen LogP contribution in [0.3, 0.4) is 0 Å². The Bertz CT molecular complexity index is 900. The topological polar surface area (TPSA) is 69.4 Å². The SMILES string of the molecule is CCOC[C@]1(C(N)=S)[C@@H](c2ccccc2)[C@@H]1S(=O)(=O)c1ccc(Cl)cc1. The number of ether oxygens (including phenoxy) is 1. The van der Waals surface area contributed by atoms with Crippen molar-refractivity contribution in [1.82, 2.24) is 0 Å². The largest absolute Gasteiger partial charge is 0.393 e. The fraction of sp³-hybridized carbons (Fsp3) is 0.316. The van der Waals surface area contributed by atoms with Gasteiger partial charge in [0.1, 0.15) is 0 Å². The van der Waals surface area contributed by atoms with Gasteiger partial charge in [-0.1, -0.05) is 54.2 Å². The van der Waals surface area contributed by atoms with Gasteiger partial charge in [0.05, 0.1) is 27.2 Å². The van der Waals surface area contributed by atoms with Crippen LogP contribution >= 0.6 is 23.8 Å². The van der Waals surface area contributed by atoms with Gasteiger partial charge in [-0.25, -0.2) is 8.42 Å². The highest BCUT2D eigenvalue weighted by Crippen LogP contribution is 2.64. The maximum atomic E-state index is 13.4. The van der Waals surface area contributed by atoms with Crippen LogP contribution in [0.1, 0.15) is 18.4 Å². The lowest BCUT2D eigenvalue weighted by atomic mass is 10.00. The van der Waals surface area contributed by atoms with Crippen LogP contribution in [0.2, 0.25) is 5.02 Å². The summed E-state index contributed by atoms with van der Waals surface area (Å²) in [4.78, 5) is 0.379. The molecule has 0 aromatic heterocycles. The van der Waals surface area contributed by atoms with Crippen molar-refractivity contribution in [2.75, 3.05) is 13.2 Å². The molecule has 0 radical (unpaired) electrons. The molecule has 0 bridgehead atoms. The first-order chi connectivity index (χ1) is 12.4. The van der Waals surface area contributed by atoms with Crippen molar-refractivity contribution in [3.05, 3.63) is 65.2 Å². The third-order valence-electron chi connectivity index (χ3n) is 4.90. The number of hydrogen-bond acceptors (Lipinski definition) is 4. The summed E-state index contributed by atoms with van der Waals surface area (Å²) in [5, 5.41) is -0.281. The molecule has 2 aromatic carbocycles. The van der Waals surface area contributed by atoms with Gasteiger partial charge in [0.15, 0.2) is 9.84 Å². The van der Waals surface area contributed by atoms with Crippen molar-refractivity contribution in [2.45, 2.75) is 23.0 Å². The van der Waals surface area contributed by atoms with E-state index in [1.165, 1.54) is 12.1 Å².